The van der Waals surface area contributed by atoms with Crippen molar-refractivity contribution >= 4 is 16.4 Å². The maximum Gasteiger partial charge on any atom is 0.299 e. The summed E-state index contributed by atoms with van der Waals surface area (Å²) in [6.07, 6.45) is 0.0160. The summed E-state index contributed by atoms with van der Waals surface area (Å²) < 4.78 is 26.7. The van der Waals surface area contributed by atoms with Crippen LogP contribution in [0.4, 0.5) is 0 Å². The van der Waals surface area contributed by atoms with E-state index in [9.17, 15) is 13.2 Å². The van der Waals surface area contributed by atoms with Gasteiger partial charge in [0.15, 0.2) is 6.29 Å². The molecule has 0 bridgehead atoms. The summed E-state index contributed by atoms with van der Waals surface area (Å²) in [7, 11) is -3.95. The Kier molecular flexibility index (Phi) is 4.82. The number of aldehydes is 1. The predicted octanol–water partition coefficient (Wildman–Crippen LogP) is -0.217. The van der Waals surface area contributed by atoms with Gasteiger partial charge in [0.05, 0.1) is 6.10 Å². The number of hydrogen-bond donors (Lipinski definition) is 1. The zero-order valence-corrected chi connectivity index (χ0v) is 8.21. The second kappa shape index (κ2) is 5.11. The van der Waals surface area contributed by atoms with Crippen LogP contribution < -0.4 is 5.73 Å². The highest BCUT2D eigenvalue weighted by Gasteiger charge is 2.18. The monoisotopic (exact) mass is 207 g/mol. The van der Waals surface area contributed by atoms with Crippen LogP contribution in [0.3, 0.4) is 0 Å². The predicted molar refractivity (Wildman–Crippen MR) is 48.3 cm³/mol. The minimum Gasteiger partial charge on any atom is -0.330 e. The van der Waals surface area contributed by atoms with Gasteiger partial charge in [-0.1, -0.05) is 6.58 Å². The molecule has 0 fully saturated rings. The summed E-state index contributed by atoms with van der Waals surface area (Å²) >= 11 is 0. The van der Waals surface area contributed by atoms with Crippen molar-refractivity contribution < 1.29 is 17.4 Å². The molecule has 5 nitrogen and oxygen atoms in total. The third-order valence-corrected chi connectivity index (χ3v) is 2.64. The molecule has 0 radical (unpaired) electrons. The summed E-state index contributed by atoms with van der Waals surface area (Å²) in [5.74, 6) is 0. The molecule has 0 saturated carbocycles. The Balaban J connectivity index is 4.34. The molecule has 0 saturated heterocycles. The van der Waals surface area contributed by atoms with E-state index in [1.54, 1.807) is 6.92 Å². The maximum atomic E-state index is 11.1. The average molecular weight is 207 g/mol. The molecule has 6 heteroatoms. The van der Waals surface area contributed by atoms with Gasteiger partial charge in [-0.15, -0.1) is 0 Å². The standard InChI is InChI=1S/C7H13NO4S/c1-6(3-4-8)12-13(10,11)7(2)5-9/h5-6H,2-4,8H2,1H3. The van der Waals surface area contributed by atoms with Gasteiger partial charge in [0.25, 0.3) is 10.1 Å². The highest BCUT2D eigenvalue weighted by Crippen LogP contribution is 2.08. The van der Waals surface area contributed by atoms with Crippen molar-refractivity contribution in [3.05, 3.63) is 11.5 Å². The van der Waals surface area contributed by atoms with E-state index < -0.39 is 21.1 Å². The molecule has 0 aromatic carbocycles. The van der Waals surface area contributed by atoms with Crippen molar-refractivity contribution in [2.75, 3.05) is 6.54 Å². The number of rotatable bonds is 6. The molecule has 2 N–H and O–H groups in total. The van der Waals surface area contributed by atoms with Crippen molar-refractivity contribution in [1.82, 2.24) is 0 Å². The lowest BCUT2D eigenvalue weighted by Gasteiger charge is -2.10. The molecule has 1 unspecified atom stereocenters. The van der Waals surface area contributed by atoms with Crippen LogP contribution in [0.5, 0.6) is 0 Å². The lowest BCUT2D eigenvalue weighted by molar-refractivity contribution is -0.104. The minimum absolute atomic E-state index is 0.143. The van der Waals surface area contributed by atoms with E-state index in [2.05, 4.69) is 10.8 Å². The van der Waals surface area contributed by atoms with Gasteiger partial charge < -0.3 is 5.73 Å². The molecule has 0 aliphatic carbocycles. The van der Waals surface area contributed by atoms with Gasteiger partial charge in [-0.25, -0.2) is 0 Å². The zero-order valence-electron chi connectivity index (χ0n) is 7.39. The van der Waals surface area contributed by atoms with E-state index in [1.165, 1.54) is 0 Å². The Labute approximate surface area is 77.7 Å². The van der Waals surface area contributed by atoms with Crippen LogP contribution in [-0.2, 0) is 19.1 Å². The number of carbonyl (C=O) groups is 1. The smallest absolute Gasteiger partial charge is 0.299 e. The first kappa shape index (κ1) is 12.3. The van der Waals surface area contributed by atoms with E-state index in [1.807, 2.05) is 0 Å². The quantitative estimate of drug-likeness (QED) is 0.370. The molecule has 0 aromatic heterocycles. The van der Waals surface area contributed by atoms with Crippen LogP contribution in [0.2, 0.25) is 0 Å². The van der Waals surface area contributed by atoms with Crippen molar-refractivity contribution in [1.29, 1.82) is 0 Å². The van der Waals surface area contributed by atoms with Crippen LogP contribution in [0.1, 0.15) is 13.3 Å². The van der Waals surface area contributed by atoms with Crippen molar-refractivity contribution in [3.8, 4) is 0 Å². The van der Waals surface area contributed by atoms with Gasteiger partial charge in [0.1, 0.15) is 4.91 Å². The number of carbonyl (C=O) groups excluding carboxylic acids is 1. The highest BCUT2D eigenvalue weighted by atomic mass is 32.2. The summed E-state index contributed by atoms with van der Waals surface area (Å²) in [6.45, 7) is 4.93. The van der Waals surface area contributed by atoms with E-state index in [0.717, 1.165) is 0 Å². The van der Waals surface area contributed by atoms with Crippen LogP contribution in [-0.4, -0.2) is 27.4 Å². The van der Waals surface area contributed by atoms with Crippen molar-refractivity contribution in [3.63, 3.8) is 0 Å². The van der Waals surface area contributed by atoms with Gasteiger partial charge in [0.2, 0.25) is 0 Å². The molecular formula is C7H13NO4S. The second-order valence-electron chi connectivity index (χ2n) is 2.52. The molecule has 0 aliphatic rings. The average Bonchev–Trinajstić information content (AvgIpc) is 2.02. The third-order valence-electron chi connectivity index (χ3n) is 1.32. The largest absolute Gasteiger partial charge is 0.330 e. The first-order chi connectivity index (χ1) is 5.94. The van der Waals surface area contributed by atoms with Gasteiger partial charge >= 0.3 is 0 Å². The molecule has 0 aliphatic heterocycles. The molecule has 1 atom stereocenters. The van der Waals surface area contributed by atoms with Crippen LogP contribution in [0, 0.1) is 0 Å². The summed E-state index contributed by atoms with van der Waals surface area (Å²) in [5, 5.41) is 0. The fourth-order valence-corrected chi connectivity index (χ4v) is 1.39. The van der Waals surface area contributed by atoms with Crippen molar-refractivity contribution in [2.45, 2.75) is 19.4 Å². The van der Waals surface area contributed by atoms with Gasteiger partial charge in [-0.3, -0.25) is 8.98 Å². The van der Waals surface area contributed by atoms with Gasteiger partial charge in [-0.2, -0.15) is 8.42 Å². The van der Waals surface area contributed by atoms with E-state index >= 15 is 0 Å². The fraction of sp³-hybridized carbons (Fsp3) is 0.571. The Bertz CT molecular complexity index is 283. The van der Waals surface area contributed by atoms with Crippen LogP contribution in [0.25, 0.3) is 0 Å². The molecular weight excluding hydrogens is 194 g/mol. The zero-order chi connectivity index (χ0) is 10.5. The molecule has 0 rings (SSSR count). The SMILES string of the molecule is C=C(C=O)S(=O)(=O)OC(C)CCN. The number of allylic oxidation sites excluding steroid dienone is 1. The maximum absolute atomic E-state index is 11.1. The summed E-state index contributed by atoms with van der Waals surface area (Å²) in [5.41, 5.74) is 5.19. The Morgan fingerprint density at radius 1 is 1.69 bits per heavy atom. The van der Waals surface area contributed by atoms with E-state index in [4.69, 9.17) is 5.73 Å². The van der Waals surface area contributed by atoms with E-state index in [0.29, 0.717) is 13.0 Å². The Morgan fingerprint density at radius 3 is 2.62 bits per heavy atom. The number of nitrogens with two attached hydrogens (primary N) is 1. The highest BCUT2D eigenvalue weighted by molar-refractivity contribution is 7.91. The Morgan fingerprint density at radius 2 is 2.23 bits per heavy atom. The molecule has 0 heterocycles. The topological polar surface area (TPSA) is 86.5 Å². The summed E-state index contributed by atoms with van der Waals surface area (Å²) in [4.78, 5) is 9.53. The van der Waals surface area contributed by atoms with Gasteiger partial charge in [0, 0.05) is 0 Å². The van der Waals surface area contributed by atoms with Crippen LogP contribution in [0.15, 0.2) is 11.5 Å². The number of hydrogen-bond acceptors (Lipinski definition) is 5. The molecule has 0 amide bonds. The minimum atomic E-state index is -3.95. The Hall–Kier alpha value is -0.720. The first-order valence-electron chi connectivity index (χ1n) is 3.71. The lowest BCUT2D eigenvalue weighted by Crippen LogP contribution is -2.19. The van der Waals surface area contributed by atoms with Crippen LogP contribution >= 0.6 is 0 Å². The normalized spacial score (nSPS) is 13.7. The lowest BCUT2D eigenvalue weighted by atomic mass is 10.3. The third kappa shape index (κ3) is 4.16. The molecule has 76 valence electrons. The molecule has 0 spiro atoms. The molecule has 0 aromatic rings. The molecule has 13 heavy (non-hydrogen) atoms. The van der Waals surface area contributed by atoms with Gasteiger partial charge in [-0.05, 0) is 19.9 Å². The first-order valence-corrected chi connectivity index (χ1v) is 5.12. The summed E-state index contributed by atoms with van der Waals surface area (Å²) in [6, 6.07) is 0. The van der Waals surface area contributed by atoms with E-state index in [-0.39, 0.29) is 6.29 Å². The second-order valence-corrected chi connectivity index (χ2v) is 4.15. The fourth-order valence-electron chi connectivity index (χ4n) is 0.620. The van der Waals surface area contributed by atoms with Crippen molar-refractivity contribution in [2.24, 2.45) is 5.73 Å².